The molecule has 1 aromatic rings. The number of hydrogen-bond acceptors (Lipinski definition) is 4. The van der Waals surface area contributed by atoms with Crippen LogP contribution in [0.15, 0.2) is 12.3 Å². The van der Waals surface area contributed by atoms with Gasteiger partial charge in [-0.15, -0.1) is 0 Å². The van der Waals surface area contributed by atoms with E-state index in [9.17, 15) is 9.90 Å². The Morgan fingerprint density at radius 2 is 2.14 bits per heavy atom. The van der Waals surface area contributed by atoms with E-state index in [0.29, 0.717) is 22.5 Å². The summed E-state index contributed by atoms with van der Waals surface area (Å²) in [6.45, 7) is 3.92. The minimum Gasteiger partial charge on any atom is -0.392 e. The van der Waals surface area contributed by atoms with Crippen molar-refractivity contribution in [2.45, 2.75) is 70.8 Å². The summed E-state index contributed by atoms with van der Waals surface area (Å²) in [5.41, 5.74) is 1.71. The van der Waals surface area contributed by atoms with E-state index in [-0.39, 0.29) is 12.0 Å². The SMILES string of the molecule is C[C@H](O)CNCCCc1cc(C(=O)NCC23CCCC(CCC2)C3)c(Cl)cn1. The van der Waals surface area contributed by atoms with Crippen molar-refractivity contribution in [3.63, 3.8) is 0 Å². The van der Waals surface area contributed by atoms with Gasteiger partial charge in [-0.25, -0.2) is 0 Å². The third-order valence-corrected chi connectivity index (χ3v) is 6.67. The molecule has 0 spiro atoms. The second-order valence-corrected chi connectivity index (χ2v) is 9.26. The van der Waals surface area contributed by atoms with Crippen LogP contribution in [0.4, 0.5) is 0 Å². The maximum atomic E-state index is 12.8. The van der Waals surface area contributed by atoms with Gasteiger partial charge in [0.1, 0.15) is 0 Å². The molecule has 28 heavy (non-hydrogen) atoms. The number of aryl methyl sites for hydroxylation is 1. The summed E-state index contributed by atoms with van der Waals surface area (Å²) in [7, 11) is 0. The maximum Gasteiger partial charge on any atom is 0.252 e. The van der Waals surface area contributed by atoms with Crippen LogP contribution in [-0.4, -0.2) is 41.7 Å². The summed E-state index contributed by atoms with van der Waals surface area (Å²) < 4.78 is 0. The highest BCUT2D eigenvalue weighted by atomic mass is 35.5. The first-order valence-corrected chi connectivity index (χ1v) is 11.2. The fourth-order valence-electron chi connectivity index (χ4n) is 4.93. The number of carbonyl (C=O) groups is 1. The van der Waals surface area contributed by atoms with Gasteiger partial charge in [-0.2, -0.15) is 0 Å². The van der Waals surface area contributed by atoms with Gasteiger partial charge in [0.2, 0.25) is 0 Å². The summed E-state index contributed by atoms with van der Waals surface area (Å²) in [5, 5.41) is 16.1. The number of aromatic nitrogens is 1. The summed E-state index contributed by atoms with van der Waals surface area (Å²) in [4.78, 5) is 17.2. The Hall–Kier alpha value is -1.17. The molecular formula is C22H34ClN3O2. The van der Waals surface area contributed by atoms with Crippen molar-refractivity contribution in [1.29, 1.82) is 0 Å². The van der Waals surface area contributed by atoms with Gasteiger partial charge in [0.05, 0.1) is 16.7 Å². The smallest absolute Gasteiger partial charge is 0.252 e. The van der Waals surface area contributed by atoms with Crippen LogP contribution in [0, 0.1) is 11.3 Å². The van der Waals surface area contributed by atoms with Gasteiger partial charge in [0.25, 0.3) is 5.91 Å². The number of nitrogens with zero attached hydrogens (tertiary/aromatic N) is 1. The molecule has 2 bridgehead atoms. The lowest BCUT2D eigenvalue weighted by Crippen LogP contribution is -2.43. The molecule has 1 amide bonds. The van der Waals surface area contributed by atoms with E-state index in [2.05, 4.69) is 15.6 Å². The molecule has 2 fully saturated rings. The third kappa shape index (κ3) is 5.91. The number of nitrogens with one attached hydrogen (secondary N) is 2. The molecule has 0 aromatic carbocycles. The van der Waals surface area contributed by atoms with Crippen molar-refractivity contribution in [3.05, 3.63) is 28.5 Å². The number of carbonyl (C=O) groups excluding carboxylic acids is 1. The molecule has 1 atom stereocenters. The van der Waals surface area contributed by atoms with Crippen molar-refractivity contribution in [2.75, 3.05) is 19.6 Å². The van der Waals surface area contributed by atoms with Crippen LogP contribution < -0.4 is 10.6 Å². The minimum atomic E-state index is -0.341. The highest BCUT2D eigenvalue weighted by molar-refractivity contribution is 6.33. The van der Waals surface area contributed by atoms with Gasteiger partial charge >= 0.3 is 0 Å². The molecule has 1 heterocycles. The monoisotopic (exact) mass is 407 g/mol. The van der Waals surface area contributed by atoms with E-state index < -0.39 is 0 Å². The van der Waals surface area contributed by atoms with E-state index in [1.807, 2.05) is 6.07 Å². The average Bonchev–Trinajstić information content (AvgIpc) is 2.67. The lowest BCUT2D eigenvalue weighted by atomic mass is 9.62. The topological polar surface area (TPSA) is 74.2 Å². The fraction of sp³-hybridized carbons (Fsp3) is 0.727. The van der Waals surface area contributed by atoms with Crippen molar-refractivity contribution >= 4 is 17.5 Å². The second-order valence-electron chi connectivity index (χ2n) is 8.85. The molecule has 5 nitrogen and oxygen atoms in total. The molecule has 3 N–H and O–H groups in total. The van der Waals surface area contributed by atoms with Crippen molar-refractivity contribution < 1.29 is 9.90 Å². The number of aliphatic hydroxyl groups is 1. The maximum absolute atomic E-state index is 12.8. The number of aliphatic hydroxyl groups excluding tert-OH is 1. The fourth-order valence-corrected chi connectivity index (χ4v) is 5.12. The molecule has 0 radical (unpaired) electrons. The zero-order chi connectivity index (χ0) is 20.0. The van der Waals surface area contributed by atoms with Crippen LogP contribution in [0.3, 0.4) is 0 Å². The second kappa shape index (κ2) is 10.0. The molecule has 2 aliphatic rings. The van der Waals surface area contributed by atoms with Gasteiger partial charge in [-0.1, -0.05) is 37.3 Å². The molecular weight excluding hydrogens is 374 g/mol. The first kappa shape index (κ1) is 21.5. The quantitative estimate of drug-likeness (QED) is 0.545. The first-order chi connectivity index (χ1) is 13.5. The van der Waals surface area contributed by atoms with Crippen molar-refractivity contribution in [3.8, 4) is 0 Å². The lowest BCUT2D eigenvalue weighted by Gasteiger charge is -2.45. The Morgan fingerprint density at radius 3 is 2.86 bits per heavy atom. The highest BCUT2D eigenvalue weighted by Gasteiger charge is 2.39. The van der Waals surface area contributed by atoms with Gasteiger partial charge in [0, 0.05) is 25.0 Å². The Bertz CT molecular complexity index is 655. The first-order valence-electron chi connectivity index (χ1n) is 10.8. The normalized spacial score (nSPS) is 25.3. The predicted octanol–water partition coefficient (Wildman–Crippen LogP) is 3.73. The molecule has 0 saturated heterocycles. The highest BCUT2D eigenvalue weighted by Crippen LogP contribution is 2.48. The molecule has 6 heteroatoms. The van der Waals surface area contributed by atoms with Gasteiger partial charge in [-0.05, 0) is 63.0 Å². The molecule has 0 unspecified atom stereocenters. The number of halogens is 1. The molecule has 156 valence electrons. The van der Waals surface area contributed by atoms with Gasteiger partial charge in [0.15, 0.2) is 0 Å². The summed E-state index contributed by atoms with van der Waals surface area (Å²) >= 11 is 6.27. The number of fused-ring (bicyclic) bond motifs is 2. The van der Waals surface area contributed by atoms with Gasteiger partial charge in [-0.3, -0.25) is 9.78 Å². The summed E-state index contributed by atoms with van der Waals surface area (Å²) in [6.07, 6.45) is 12.0. The molecule has 0 aliphatic heterocycles. The van der Waals surface area contributed by atoms with Gasteiger partial charge < -0.3 is 15.7 Å². The van der Waals surface area contributed by atoms with E-state index >= 15 is 0 Å². The van der Waals surface area contributed by atoms with Crippen LogP contribution in [0.1, 0.15) is 74.3 Å². The number of hydrogen-bond donors (Lipinski definition) is 3. The third-order valence-electron chi connectivity index (χ3n) is 6.37. The number of pyridine rings is 1. The standard InChI is InChI=1S/C22H34ClN3O2/c1-16(27)13-24-10-4-7-18-11-19(20(23)14-25-18)21(28)26-15-22-8-2-5-17(12-22)6-3-9-22/h11,14,16-17,24,27H,2-10,12-13,15H2,1H3,(H,26,28)/t16-,17?,22?/m0/s1. The Labute approximate surface area is 173 Å². The Balaban J connectivity index is 1.52. The predicted molar refractivity (Wildman–Crippen MR) is 113 cm³/mol. The van der Waals surface area contributed by atoms with Crippen LogP contribution in [0.5, 0.6) is 0 Å². The zero-order valence-electron chi connectivity index (χ0n) is 17.0. The average molecular weight is 408 g/mol. The largest absolute Gasteiger partial charge is 0.392 e. The molecule has 1 aromatic heterocycles. The van der Waals surface area contributed by atoms with Crippen LogP contribution in [-0.2, 0) is 6.42 Å². The van der Waals surface area contributed by atoms with Crippen LogP contribution in [0.25, 0.3) is 0 Å². The van der Waals surface area contributed by atoms with Crippen LogP contribution >= 0.6 is 11.6 Å². The Morgan fingerprint density at radius 1 is 1.39 bits per heavy atom. The van der Waals surface area contributed by atoms with E-state index in [4.69, 9.17) is 11.6 Å². The molecule has 2 saturated carbocycles. The van der Waals surface area contributed by atoms with Crippen LogP contribution in [0.2, 0.25) is 5.02 Å². The number of rotatable bonds is 9. The molecule has 2 aliphatic carbocycles. The van der Waals surface area contributed by atoms with Crippen molar-refractivity contribution in [2.24, 2.45) is 11.3 Å². The van der Waals surface area contributed by atoms with E-state index in [1.165, 1.54) is 44.9 Å². The van der Waals surface area contributed by atoms with Crippen molar-refractivity contribution in [1.82, 2.24) is 15.6 Å². The van der Waals surface area contributed by atoms with E-state index in [0.717, 1.165) is 37.5 Å². The van der Waals surface area contributed by atoms with E-state index in [1.54, 1.807) is 13.1 Å². The lowest BCUT2D eigenvalue weighted by molar-refractivity contribution is 0.0681. The zero-order valence-corrected chi connectivity index (χ0v) is 17.7. The summed E-state index contributed by atoms with van der Waals surface area (Å²) in [5.74, 6) is 0.779. The summed E-state index contributed by atoms with van der Waals surface area (Å²) in [6, 6.07) is 1.83. The number of amides is 1. The minimum absolute atomic E-state index is 0.0806. The molecule has 3 rings (SSSR count). The Kier molecular flexibility index (Phi) is 7.72.